The zero-order valence-corrected chi connectivity index (χ0v) is 16.2. The van der Waals surface area contributed by atoms with Crippen LogP contribution in [0.3, 0.4) is 0 Å². The fourth-order valence-corrected chi connectivity index (χ4v) is 4.30. The first-order chi connectivity index (χ1) is 14.1. The molecule has 148 valence electrons. The summed E-state index contributed by atoms with van der Waals surface area (Å²) in [5, 5.41) is 5.76. The van der Waals surface area contributed by atoms with E-state index >= 15 is 0 Å². The lowest BCUT2D eigenvalue weighted by atomic mass is 9.89. The third kappa shape index (κ3) is 3.00. The van der Waals surface area contributed by atoms with E-state index in [1.807, 2.05) is 11.0 Å². The summed E-state index contributed by atoms with van der Waals surface area (Å²) in [6.07, 6.45) is 6.87. The van der Waals surface area contributed by atoms with Crippen molar-refractivity contribution in [3.8, 4) is 0 Å². The number of benzene rings is 1. The Kier molecular flexibility index (Phi) is 4.19. The van der Waals surface area contributed by atoms with Gasteiger partial charge in [-0.1, -0.05) is 18.2 Å². The molecule has 1 aliphatic rings. The van der Waals surface area contributed by atoms with Crippen LogP contribution in [0.15, 0.2) is 47.8 Å². The van der Waals surface area contributed by atoms with Gasteiger partial charge in [0, 0.05) is 37.2 Å². The molecule has 1 aliphatic heterocycles. The number of amides is 1. The van der Waals surface area contributed by atoms with Crippen LogP contribution < -0.4 is 5.56 Å². The number of para-hydroxylation sites is 1. The molecule has 1 amide bonds. The molecule has 3 aromatic heterocycles. The first-order valence-electron chi connectivity index (χ1n) is 9.83. The summed E-state index contributed by atoms with van der Waals surface area (Å²) < 4.78 is 2.93. The molecule has 0 bridgehead atoms. The van der Waals surface area contributed by atoms with Gasteiger partial charge in [0.05, 0.1) is 6.20 Å². The summed E-state index contributed by atoms with van der Waals surface area (Å²) >= 11 is 0. The maximum absolute atomic E-state index is 12.8. The van der Waals surface area contributed by atoms with Crippen molar-refractivity contribution in [1.82, 2.24) is 29.2 Å². The lowest BCUT2D eigenvalue weighted by Crippen LogP contribution is -2.41. The number of rotatable bonds is 3. The van der Waals surface area contributed by atoms with Crippen molar-refractivity contribution in [1.29, 1.82) is 0 Å². The highest BCUT2D eigenvalue weighted by atomic mass is 16.2. The van der Waals surface area contributed by atoms with E-state index < -0.39 is 0 Å². The molecule has 8 nitrogen and oxygen atoms in total. The molecule has 0 radical (unpaired) electrons. The summed E-state index contributed by atoms with van der Waals surface area (Å²) in [6, 6.07) is 8.32. The van der Waals surface area contributed by atoms with Gasteiger partial charge in [-0.05, 0) is 30.4 Å². The van der Waals surface area contributed by atoms with E-state index in [9.17, 15) is 9.59 Å². The highest BCUT2D eigenvalue weighted by molar-refractivity contribution is 5.83. The summed E-state index contributed by atoms with van der Waals surface area (Å²) in [7, 11) is 1.74. The maximum Gasteiger partial charge on any atom is 0.264 e. The molecule has 4 aromatic rings. The molecule has 0 saturated carbocycles. The number of fused-ring (bicyclic) bond motifs is 2. The average molecular weight is 390 g/mol. The van der Waals surface area contributed by atoms with Gasteiger partial charge in [-0.25, -0.2) is 4.98 Å². The van der Waals surface area contributed by atoms with Crippen molar-refractivity contribution in [3.05, 3.63) is 58.9 Å². The number of carbonyl (C=O) groups is 1. The van der Waals surface area contributed by atoms with Gasteiger partial charge in [-0.15, -0.1) is 0 Å². The van der Waals surface area contributed by atoms with E-state index in [0.29, 0.717) is 30.0 Å². The fourth-order valence-electron chi connectivity index (χ4n) is 4.30. The molecule has 0 spiro atoms. The van der Waals surface area contributed by atoms with E-state index in [4.69, 9.17) is 0 Å². The maximum atomic E-state index is 12.8. The molecule has 1 N–H and O–H groups in total. The van der Waals surface area contributed by atoms with E-state index in [1.54, 1.807) is 11.7 Å². The Morgan fingerprint density at radius 2 is 2.00 bits per heavy atom. The number of carbonyl (C=O) groups excluding carboxylic acids is 1. The minimum absolute atomic E-state index is 0.00835. The van der Waals surface area contributed by atoms with Crippen LogP contribution in [0.1, 0.15) is 24.3 Å². The third-order valence-electron chi connectivity index (χ3n) is 5.93. The normalized spacial score (nSPS) is 15.4. The Labute approximate surface area is 166 Å². The van der Waals surface area contributed by atoms with E-state index in [1.165, 1.54) is 28.0 Å². The van der Waals surface area contributed by atoms with Crippen molar-refractivity contribution in [2.75, 3.05) is 13.1 Å². The molecular weight excluding hydrogens is 368 g/mol. The lowest BCUT2D eigenvalue weighted by Gasteiger charge is -2.32. The van der Waals surface area contributed by atoms with Crippen LogP contribution in [0.5, 0.6) is 0 Å². The molecule has 1 saturated heterocycles. The van der Waals surface area contributed by atoms with Crippen LogP contribution in [0, 0.1) is 0 Å². The summed E-state index contributed by atoms with van der Waals surface area (Å²) in [5.41, 5.74) is 2.78. The average Bonchev–Trinajstić information content (AvgIpc) is 3.34. The topological polar surface area (TPSA) is 88.8 Å². The smallest absolute Gasteiger partial charge is 0.264 e. The van der Waals surface area contributed by atoms with Gasteiger partial charge in [-0.3, -0.25) is 18.8 Å². The Morgan fingerprint density at radius 3 is 2.83 bits per heavy atom. The summed E-state index contributed by atoms with van der Waals surface area (Å²) in [5.74, 6) is 0.390. The summed E-state index contributed by atoms with van der Waals surface area (Å²) in [4.78, 5) is 34.8. The molecule has 0 atom stereocenters. The minimum Gasteiger partial charge on any atom is -0.361 e. The van der Waals surface area contributed by atoms with Crippen LogP contribution in [-0.4, -0.2) is 48.2 Å². The first-order valence-corrected chi connectivity index (χ1v) is 9.83. The lowest BCUT2D eigenvalue weighted by molar-refractivity contribution is -0.132. The van der Waals surface area contributed by atoms with Gasteiger partial charge < -0.3 is 9.88 Å². The van der Waals surface area contributed by atoms with Crippen LogP contribution in [-0.2, 0) is 18.4 Å². The van der Waals surface area contributed by atoms with Crippen LogP contribution >= 0.6 is 0 Å². The van der Waals surface area contributed by atoms with Crippen LogP contribution in [0.25, 0.3) is 21.9 Å². The Balaban J connectivity index is 1.28. The minimum atomic E-state index is -0.231. The van der Waals surface area contributed by atoms with Crippen molar-refractivity contribution >= 4 is 27.8 Å². The number of likely N-dealkylation sites (tertiary alicyclic amines) is 1. The molecule has 4 heterocycles. The summed E-state index contributed by atoms with van der Waals surface area (Å²) in [6.45, 7) is 1.40. The molecule has 5 rings (SSSR count). The number of nitrogens with one attached hydrogen (secondary N) is 1. The predicted octanol–water partition coefficient (Wildman–Crippen LogP) is 2.02. The van der Waals surface area contributed by atoms with Crippen LogP contribution in [0.4, 0.5) is 0 Å². The zero-order valence-electron chi connectivity index (χ0n) is 16.2. The number of H-pyrrole nitrogens is 1. The standard InChI is InChI=1S/C21H22N6O2/c1-25-20-17(11-24-25)21(29)27(13-23-20)12-19(28)26-8-6-14(7-9-26)16-10-22-18-5-3-2-4-15(16)18/h2-5,10-11,13-14,22H,6-9,12H2,1H3. The molecule has 8 heteroatoms. The fraction of sp³-hybridized carbons (Fsp3) is 0.333. The first kappa shape index (κ1) is 17.7. The van der Waals surface area contributed by atoms with Gasteiger partial charge in [0.15, 0.2) is 5.65 Å². The quantitative estimate of drug-likeness (QED) is 0.580. The number of hydrogen-bond acceptors (Lipinski definition) is 4. The number of aromatic nitrogens is 5. The SMILES string of the molecule is Cn1ncc2c(=O)n(CC(=O)N3CCC(c4c[nH]c5ccccc45)CC3)cnc21. The molecule has 29 heavy (non-hydrogen) atoms. The number of aryl methyl sites for hydroxylation is 1. The molecule has 1 fully saturated rings. The molecule has 1 aromatic carbocycles. The Morgan fingerprint density at radius 1 is 1.21 bits per heavy atom. The van der Waals surface area contributed by atoms with Crippen molar-refractivity contribution in [3.63, 3.8) is 0 Å². The van der Waals surface area contributed by atoms with Gasteiger partial charge >= 0.3 is 0 Å². The van der Waals surface area contributed by atoms with Crippen LogP contribution in [0.2, 0.25) is 0 Å². The van der Waals surface area contributed by atoms with Gasteiger partial charge in [0.2, 0.25) is 5.91 Å². The highest BCUT2D eigenvalue weighted by Gasteiger charge is 2.25. The Hall–Kier alpha value is -3.42. The monoisotopic (exact) mass is 390 g/mol. The number of hydrogen-bond donors (Lipinski definition) is 1. The number of aromatic amines is 1. The number of nitrogens with zero attached hydrogens (tertiary/aromatic N) is 5. The van der Waals surface area contributed by atoms with Crippen molar-refractivity contribution < 1.29 is 4.79 Å². The molecule has 0 unspecified atom stereocenters. The predicted molar refractivity (Wildman–Crippen MR) is 110 cm³/mol. The molecular formula is C21H22N6O2. The highest BCUT2D eigenvalue weighted by Crippen LogP contribution is 2.33. The molecule has 0 aliphatic carbocycles. The second-order valence-electron chi connectivity index (χ2n) is 7.63. The van der Waals surface area contributed by atoms with Gasteiger partial charge in [0.1, 0.15) is 18.3 Å². The van der Waals surface area contributed by atoms with Crippen molar-refractivity contribution in [2.45, 2.75) is 25.3 Å². The zero-order chi connectivity index (χ0) is 20.0. The number of piperidine rings is 1. The van der Waals surface area contributed by atoms with E-state index in [-0.39, 0.29) is 18.0 Å². The second kappa shape index (κ2) is 6.88. The van der Waals surface area contributed by atoms with Gasteiger partial charge in [-0.2, -0.15) is 5.10 Å². The van der Waals surface area contributed by atoms with Gasteiger partial charge in [0.25, 0.3) is 5.56 Å². The Bertz CT molecular complexity index is 1260. The van der Waals surface area contributed by atoms with Crippen molar-refractivity contribution in [2.24, 2.45) is 7.05 Å². The van der Waals surface area contributed by atoms with E-state index in [2.05, 4.69) is 39.5 Å². The largest absolute Gasteiger partial charge is 0.361 e. The second-order valence-corrected chi connectivity index (χ2v) is 7.63. The third-order valence-corrected chi connectivity index (χ3v) is 5.93. The van der Waals surface area contributed by atoms with E-state index in [0.717, 1.165) is 18.4 Å².